The van der Waals surface area contributed by atoms with Crippen LogP contribution in [0.5, 0.6) is 0 Å². The summed E-state index contributed by atoms with van der Waals surface area (Å²) in [5.74, 6) is -3.46. The van der Waals surface area contributed by atoms with E-state index >= 15 is 0 Å². The molecule has 0 saturated carbocycles. The number of halogens is 1. The summed E-state index contributed by atoms with van der Waals surface area (Å²) in [4.78, 5) is 58.1. The summed E-state index contributed by atoms with van der Waals surface area (Å²) in [6.45, 7) is 4.14. The average Bonchev–Trinajstić information content (AvgIpc) is 3.54. The monoisotopic (exact) mass is 629 g/mol. The Labute approximate surface area is 247 Å². The third kappa shape index (κ3) is 5.35. The van der Waals surface area contributed by atoms with E-state index in [4.69, 9.17) is 9.47 Å². The highest BCUT2D eigenvalue weighted by atomic mass is 79.9. The lowest BCUT2D eigenvalue weighted by molar-refractivity contribution is -0.160. The summed E-state index contributed by atoms with van der Waals surface area (Å²) in [6.07, 6.45) is 4.91. The first-order chi connectivity index (χ1) is 19.7. The molecule has 4 aliphatic rings. The molecule has 4 aliphatic heterocycles. The molecule has 0 radical (unpaired) electrons. The highest BCUT2D eigenvalue weighted by molar-refractivity contribution is 9.11. The van der Waals surface area contributed by atoms with Crippen LogP contribution >= 0.6 is 15.9 Å². The first-order valence-electron chi connectivity index (χ1n) is 14.1. The number of nitrogens with one attached hydrogen (secondary N) is 1. The molecule has 2 N–H and O–H groups in total. The summed E-state index contributed by atoms with van der Waals surface area (Å²) < 4.78 is 13.1. The number of likely N-dealkylation sites (tertiary alicyclic amines) is 1. The molecule has 10 nitrogen and oxygen atoms in total. The van der Waals surface area contributed by atoms with Crippen molar-refractivity contribution in [2.75, 3.05) is 26.2 Å². The van der Waals surface area contributed by atoms with Crippen LogP contribution in [0.2, 0.25) is 0 Å². The number of rotatable bonds is 5. The topological polar surface area (TPSA) is 125 Å². The molecule has 5 bridgehead atoms. The number of hydrogen-bond acceptors (Lipinski definition) is 7. The zero-order chi connectivity index (χ0) is 29.3. The van der Waals surface area contributed by atoms with E-state index in [2.05, 4.69) is 21.2 Å². The minimum absolute atomic E-state index is 0.0716. The second-order valence-electron chi connectivity index (χ2n) is 11.2. The van der Waals surface area contributed by atoms with Crippen molar-refractivity contribution in [1.82, 2.24) is 15.1 Å². The summed E-state index contributed by atoms with van der Waals surface area (Å²) in [5.41, 5.74) is -0.659. The summed E-state index contributed by atoms with van der Waals surface area (Å²) in [6, 6.07) is 7.92. The second kappa shape index (κ2) is 12.1. The van der Waals surface area contributed by atoms with Crippen LogP contribution in [0, 0.1) is 11.8 Å². The molecule has 1 aromatic carbocycles. The van der Waals surface area contributed by atoms with Crippen LogP contribution in [0.1, 0.15) is 44.8 Å². The van der Waals surface area contributed by atoms with Crippen LogP contribution < -0.4 is 5.32 Å². The molecule has 0 aromatic heterocycles. The third-order valence-corrected chi connectivity index (χ3v) is 9.00. The van der Waals surface area contributed by atoms with E-state index in [9.17, 15) is 24.3 Å². The van der Waals surface area contributed by atoms with Gasteiger partial charge < -0.3 is 29.7 Å². The number of benzene rings is 1. The Hall–Kier alpha value is -3.02. The molecule has 41 heavy (non-hydrogen) atoms. The Morgan fingerprint density at radius 3 is 2.59 bits per heavy atom. The number of esters is 1. The van der Waals surface area contributed by atoms with E-state index in [-0.39, 0.29) is 62.8 Å². The molecular formula is C30H36BrN3O7. The number of aliphatic hydroxyl groups excluding tert-OH is 1. The fourth-order valence-corrected chi connectivity index (χ4v) is 7.12. The SMILES string of the molecule is CC(C)N1C/C=C\CCC(=O)NC[C@@H](c2ccccc2)OC(=O)[C@@H]2[C@H]3O[C@@]4(C=C3Br)[C@H](C1=O)N(CCCO)C(=O)[C@@H]24. The molecule has 6 atom stereocenters. The number of aliphatic hydroxyl groups is 1. The second-order valence-corrected chi connectivity index (χ2v) is 12.1. The summed E-state index contributed by atoms with van der Waals surface area (Å²) in [7, 11) is 0. The van der Waals surface area contributed by atoms with Crippen molar-refractivity contribution < 1.29 is 33.8 Å². The van der Waals surface area contributed by atoms with Gasteiger partial charge in [0.2, 0.25) is 17.7 Å². The van der Waals surface area contributed by atoms with Gasteiger partial charge in [0.25, 0.3) is 0 Å². The molecule has 5 rings (SSSR count). The number of fused-ring (bicyclic) bond motifs is 2. The molecule has 1 aromatic rings. The fraction of sp³-hybridized carbons (Fsp3) is 0.533. The van der Waals surface area contributed by atoms with Gasteiger partial charge in [-0.25, -0.2) is 0 Å². The normalized spacial score (nSPS) is 33.1. The van der Waals surface area contributed by atoms with E-state index in [1.54, 1.807) is 11.0 Å². The highest BCUT2D eigenvalue weighted by Gasteiger charge is 2.74. The summed E-state index contributed by atoms with van der Waals surface area (Å²) in [5, 5.41) is 12.5. The zero-order valence-corrected chi connectivity index (χ0v) is 24.8. The van der Waals surface area contributed by atoms with Gasteiger partial charge in [-0.1, -0.05) is 58.4 Å². The van der Waals surface area contributed by atoms with Gasteiger partial charge in [0, 0.05) is 36.6 Å². The van der Waals surface area contributed by atoms with Crippen LogP contribution in [0.15, 0.2) is 53.0 Å². The number of allylic oxidation sites excluding steroid dienone is 1. The maximum absolute atomic E-state index is 14.3. The first-order valence-corrected chi connectivity index (χ1v) is 14.9. The van der Waals surface area contributed by atoms with E-state index in [0.29, 0.717) is 16.5 Å². The number of carbonyl (C=O) groups is 4. The standard InChI is InChI=1S/C30H36BrN3O7/c1-18(2)33-13-8-4-7-12-22(36)32-17-21(19-10-5-3-6-11-19)40-29(39)23-24-27(37)34(14-9-15-35)26(28(33)38)30(24)16-20(31)25(23)41-30/h3-6,8,10-11,16,18,21,23-26,35H,7,9,12-15,17H2,1-2H3,(H,32,36)/b8-4-/t21-,23-,24+,25-,26-,30+/m0/s1. The molecule has 11 heteroatoms. The molecule has 2 fully saturated rings. The number of cyclic esters (lactones) is 1. The Balaban J connectivity index is 1.58. The van der Waals surface area contributed by atoms with Gasteiger partial charge in [-0.2, -0.15) is 0 Å². The maximum atomic E-state index is 14.3. The van der Waals surface area contributed by atoms with E-state index in [1.165, 1.54) is 4.90 Å². The molecule has 0 unspecified atom stereocenters. The van der Waals surface area contributed by atoms with Gasteiger partial charge in [0.15, 0.2) is 0 Å². The lowest BCUT2D eigenvalue weighted by Crippen LogP contribution is -2.57. The van der Waals surface area contributed by atoms with Crippen molar-refractivity contribution in [3.63, 3.8) is 0 Å². The first kappa shape index (κ1) is 29.5. The zero-order valence-electron chi connectivity index (χ0n) is 23.2. The molecule has 1 spiro atoms. The van der Waals surface area contributed by atoms with Gasteiger partial charge >= 0.3 is 5.97 Å². The molecule has 0 aliphatic carbocycles. The van der Waals surface area contributed by atoms with Crippen LogP contribution in [0.25, 0.3) is 0 Å². The maximum Gasteiger partial charge on any atom is 0.313 e. The van der Waals surface area contributed by atoms with E-state index in [0.717, 1.165) is 0 Å². The highest BCUT2D eigenvalue weighted by Crippen LogP contribution is 2.59. The van der Waals surface area contributed by atoms with Gasteiger partial charge in [0.1, 0.15) is 29.8 Å². The number of carbonyl (C=O) groups excluding carboxylic acids is 4. The molecule has 2 saturated heterocycles. The lowest BCUT2D eigenvalue weighted by atomic mass is 9.74. The number of amides is 3. The smallest absolute Gasteiger partial charge is 0.313 e. The minimum Gasteiger partial charge on any atom is -0.455 e. The van der Waals surface area contributed by atoms with E-state index in [1.807, 2.05) is 56.3 Å². The van der Waals surface area contributed by atoms with Crippen LogP contribution in [0.3, 0.4) is 0 Å². The van der Waals surface area contributed by atoms with Gasteiger partial charge in [0.05, 0.1) is 12.5 Å². The predicted molar refractivity (Wildman–Crippen MR) is 152 cm³/mol. The van der Waals surface area contributed by atoms with Gasteiger partial charge in [-0.05, 0) is 38.3 Å². The Bertz CT molecular complexity index is 1250. The fourth-order valence-electron chi connectivity index (χ4n) is 6.39. The van der Waals surface area contributed by atoms with Crippen molar-refractivity contribution in [2.24, 2.45) is 11.8 Å². The molecule has 220 valence electrons. The Kier molecular flexibility index (Phi) is 8.68. The van der Waals surface area contributed by atoms with Crippen molar-refractivity contribution in [1.29, 1.82) is 0 Å². The Morgan fingerprint density at radius 2 is 1.88 bits per heavy atom. The van der Waals surface area contributed by atoms with Crippen molar-refractivity contribution >= 4 is 39.6 Å². The van der Waals surface area contributed by atoms with Gasteiger partial charge in [-0.15, -0.1) is 0 Å². The van der Waals surface area contributed by atoms with Crippen molar-refractivity contribution in [3.8, 4) is 0 Å². The minimum atomic E-state index is -1.36. The van der Waals surface area contributed by atoms with Crippen LogP contribution in [-0.4, -0.2) is 88.6 Å². The largest absolute Gasteiger partial charge is 0.455 e. The number of ether oxygens (including phenoxy) is 2. The molecule has 3 amide bonds. The van der Waals surface area contributed by atoms with Crippen molar-refractivity contribution in [3.05, 3.63) is 58.6 Å². The third-order valence-electron chi connectivity index (χ3n) is 8.32. The van der Waals surface area contributed by atoms with Crippen LogP contribution in [-0.2, 0) is 28.7 Å². The Morgan fingerprint density at radius 1 is 1.12 bits per heavy atom. The number of hydrogen-bond donors (Lipinski definition) is 2. The lowest BCUT2D eigenvalue weighted by Gasteiger charge is -2.37. The van der Waals surface area contributed by atoms with Crippen LogP contribution in [0.4, 0.5) is 0 Å². The summed E-state index contributed by atoms with van der Waals surface area (Å²) >= 11 is 3.55. The predicted octanol–water partition coefficient (Wildman–Crippen LogP) is 2.23. The quantitative estimate of drug-likeness (QED) is 0.378. The van der Waals surface area contributed by atoms with Crippen molar-refractivity contribution in [2.45, 2.75) is 63.0 Å². The van der Waals surface area contributed by atoms with Gasteiger partial charge in [-0.3, -0.25) is 19.2 Å². The molecular weight excluding hydrogens is 594 g/mol. The molecule has 4 heterocycles. The van der Waals surface area contributed by atoms with E-state index < -0.39 is 41.7 Å². The average molecular weight is 631 g/mol. The number of nitrogens with zero attached hydrogens (tertiary/aromatic N) is 2.